The van der Waals surface area contributed by atoms with Crippen LogP contribution < -0.4 is 0 Å². The molecule has 0 amide bonds. The highest BCUT2D eigenvalue weighted by Gasteiger charge is 2.10. The summed E-state index contributed by atoms with van der Waals surface area (Å²) in [4.78, 5) is 12.9. The highest BCUT2D eigenvalue weighted by Crippen LogP contribution is 1.96. The maximum Gasteiger partial charge on any atom is 0.320 e. The Hall–Kier alpha value is -0.320. The second-order valence-electron chi connectivity index (χ2n) is 2.81. The fourth-order valence-corrected chi connectivity index (χ4v) is 1.23. The van der Waals surface area contributed by atoms with Crippen LogP contribution in [0.25, 0.3) is 0 Å². The Morgan fingerprint density at radius 1 is 1.46 bits per heavy atom. The van der Waals surface area contributed by atoms with Gasteiger partial charge in [0.05, 0.1) is 13.2 Å². The van der Waals surface area contributed by atoms with Gasteiger partial charge in [0, 0.05) is 19.6 Å². The summed E-state index contributed by atoms with van der Waals surface area (Å²) in [7, 11) is 0. The molecule has 0 saturated carbocycles. The number of esters is 1. The van der Waals surface area contributed by atoms with Crippen LogP contribution in [-0.4, -0.2) is 56.2 Å². The average molecular weight is 208 g/mol. The SMILES string of the molecule is O=C(CCl)OCCN1CCOCC1. The lowest BCUT2D eigenvalue weighted by atomic mass is 10.4. The van der Waals surface area contributed by atoms with Gasteiger partial charge in [0.1, 0.15) is 12.5 Å². The Morgan fingerprint density at radius 3 is 2.77 bits per heavy atom. The molecule has 0 aliphatic carbocycles. The minimum atomic E-state index is -0.352. The minimum Gasteiger partial charge on any atom is -0.463 e. The Balaban J connectivity index is 2.01. The molecule has 1 saturated heterocycles. The molecule has 0 aromatic carbocycles. The fourth-order valence-electron chi connectivity index (χ4n) is 1.15. The molecule has 1 heterocycles. The van der Waals surface area contributed by atoms with E-state index in [9.17, 15) is 4.79 Å². The predicted octanol–water partition coefficient (Wildman–Crippen LogP) is 0.101. The van der Waals surface area contributed by atoms with E-state index >= 15 is 0 Å². The van der Waals surface area contributed by atoms with Crippen molar-refractivity contribution >= 4 is 17.6 Å². The first-order valence-corrected chi connectivity index (χ1v) is 4.88. The first kappa shape index (κ1) is 10.8. The summed E-state index contributed by atoms with van der Waals surface area (Å²) in [6, 6.07) is 0. The van der Waals surface area contributed by atoms with Crippen LogP contribution in [-0.2, 0) is 14.3 Å². The molecule has 5 heteroatoms. The van der Waals surface area contributed by atoms with Gasteiger partial charge in [-0.15, -0.1) is 11.6 Å². The van der Waals surface area contributed by atoms with E-state index in [1.807, 2.05) is 0 Å². The van der Waals surface area contributed by atoms with Gasteiger partial charge in [-0.2, -0.15) is 0 Å². The fraction of sp³-hybridized carbons (Fsp3) is 0.875. The summed E-state index contributed by atoms with van der Waals surface area (Å²) in [5.74, 6) is -0.418. The summed E-state index contributed by atoms with van der Waals surface area (Å²) in [5, 5.41) is 0. The molecule has 0 unspecified atom stereocenters. The quantitative estimate of drug-likeness (QED) is 0.484. The van der Waals surface area contributed by atoms with Crippen molar-refractivity contribution in [3.05, 3.63) is 0 Å². The van der Waals surface area contributed by atoms with E-state index < -0.39 is 0 Å². The Labute approximate surface area is 82.7 Å². The van der Waals surface area contributed by atoms with Gasteiger partial charge < -0.3 is 9.47 Å². The van der Waals surface area contributed by atoms with Gasteiger partial charge in [-0.25, -0.2) is 0 Å². The number of hydrogen-bond acceptors (Lipinski definition) is 4. The van der Waals surface area contributed by atoms with Crippen molar-refractivity contribution in [1.29, 1.82) is 0 Å². The van der Waals surface area contributed by atoms with Crippen LogP contribution in [0.1, 0.15) is 0 Å². The van der Waals surface area contributed by atoms with E-state index in [-0.39, 0.29) is 11.8 Å². The third-order valence-electron chi connectivity index (χ3n) is 1.88. The van der Waals surface area contributed by atoms with Gasteiger partial charge in [0.25, 0.3) is 0 Å². The van der Waals surface area contributed by atoms with Gasteiger partial charge >= 0.3 is 5.97 Å². The number of rotatable bonds is 4. The molecule has 0 spiro atoms. The molecule has 1 fully saturated rings. The van der Waals surface area contributed by atoms with Crippen molar-refractivity contribution in [2.24, 2.45) is 0 Å². The number of halogens is 1. The standard InChI is InChI=1S/C8H14ClNO3/c9-7-8(11)13-6-3-10-1-4-12-5-2-10/h1-7H2. The molecular weight excluding hydrogens is 194 g/mol. The van der Waals surface area contributed by atoms with E-state index in [2.05, 4.69) is 4.90 Å². The van der Waals surface area contributed by atoms with Crippen molar-refractivity contribution in [2.75, 3.05) is 45.3 Å². The molecular formula is C8H14ClNO3. The number of hydrogen-bond donors (Lipinski definition) is 0. The molecule has 1 aliphatic heterocycles. The van der Waals surface area contributed by atoms with Crippen LogP contribution in [0.2, 0.25) is 0 Å². The third-order valence-corrected chi connectivity index (χ3v) is 2.10. The van der Waals surface area contributed by atoms with Gasteiger partial charge in [-0.05, 0) is 0 Å². The molecule has 76 valence electrons. The van der Waals surface area contributed by atoms with Crippen molar-refractivity contribution in [3.63, 3.8) is 0 Å². The van der Waals surface area contributed by atoms with Gasteiger partial charge in [-0.3, -0.25) is 9.69 Å². The predicted molar refractivity (Wildman–Crippen MR) is 48.9 cm³/mol. The zero-order valence-electron chi connectivity index (χ0n) is 7.50. The van der Waals surface area contributed by atoms with Crippen LogP contribution >= 0.6 is 11.6 Å². The summed E-state index contributed by atoms with van der Waals surface area (Å²) in [5.41, 5.74) is 0. The maximum absolute atomic E-state index is 10.7. The number of carbonyl (C=O) groups excluding carboxylic acids is 1. The van der Waals surface area contributed by atoms with Crippen LogP contribution in [0.4, 0.5) is 0 Å². The summed E-state index contributed by atoms with van der Waals surface area (Å²) < 4.78 is 10.0. The molecule has 0 bridgehead atoms. The van der Waals surface area contributed by atoms with Gasteiger partial charge in [0.15, 0.2) is 0 Å². The van der Waals surface area contributed by atoms with E-state index in [1.165, 1.54) is 0 Å². The lowest BCUT2D eigenvalue weighted by molar-refractivity contribution is -0.141. The summed E-state index contributed by atoms with van der Waals surface area (Å²) in [6.45, 7) is 4.56. The third kappa shape index (κ3) is 4.45. The molecule has 1 rings (SSSR count). The maximum atomic E-state index is 10.7. The van der Waals surface area contributed by atoms with E-state index in [4.69, 9.17) is 21.1 Å². The summed E-state index contributed by atoms with van der Waals surface area (Å²) in [6.07, 6.45) is 0. The molecule has 0 atom stereocenters. The Kier molecular flexibility index (Phi) is 5.12. The molecule has 0 aromatic rings. The first-order chi connectivity index (χ1) is 6.33. The topological polar surface area (TPSA) is 38.8 Å². The van der Waals surface area contributed by atoms with Gasteiger partial charge in [0.2, 0.25) is 0 Å². The van der Waals surface area contributed by atoms with Crippen molar-refractivity contribution < 1.29 is 14.3 Å². The number of alkyl halides is 1. The molecule has 1 aliphatic rings. The monoisotopic (exact) mass is 207 g/mol. The lowest BCUT2D eigenvalue weighted by Gasteiger charge is -2.26. The lowest BCUT2D eigenvalue weighted by Crippen LogP contribution is -2.38. The minimum absolute atomic E-state index is 0.0664. The van der Waals surface area contributed by atoms with Crippen LogP contribution in [0.15, 0.2) is 0 Å². The van der Waals surface area contributed by atoms with E-state index in [1.54, 1.807) is 0 Å². The molecule has 13 heavy (non-hydrogen) atoms. The Bertz CT molecular complexity index is 159. The molecule has 0 N–H and O–H groups in total. The number of ether oxygens (including phenoxy) is 2. The molecule has 4 nitrogen and oxygen atoms in total. The zero-order valence-corrected chi connectivity index (χ0v) is 8.26. The highest BCUT2D eigenvalue weighted by atomic mass is 35.5. The van der Waals surface area contributed by atoms with Gasteiger partial charge in [-0.1, -0.05) is 0 Å². The molecule has 0 radical (unpaired) electrons. The number of carbonyl (C=O) groups is 1. The average Bonchev–Trinajstić information content (AvgIpc) is 2.19. The second kappa shape index (κ2) is 6.18. The van der Waals surface area contributed by atoms with Crippen molar-refractivity contribution in [2.45, 2.75) is 0 Å². The normalized spacial score (nSPS) is 18.5. The highest BCUT2D eigenvalue weighted by molar-refractivity contribution is 6.26. The zero-order chi connectivity index (χ0) is 9.52. The van der Waals surface area contributed by atoms with E-state index in [0.717, 1.165) is 32.8 Å². The van der Waals surface area contributed by atoms with Crippen LogP contribution in [0, 0.1) is 0 Å². The Morgan fingerprint density at radius 2 is 2.15 bits per heavy atom. The van der Waals surface area contributed by atoms with Crippen molar-refractivity contribution in [1.82, 2.24) is 4.90 Å². The van der Waals surface area contributed by atoms with Crippen molar-refractivity contribution in [3.8, 4) is 0 Å². The van der Waals surface area contributed by atoms with E-state index in [0.29, 0.717) is 6.61 Å². The number of nitrogens with zero attached hydrogens (tertiary/aromatic N) is 1. The smallest absolute Gasteiger partial charge is 0.320 e. The molecule has 0 aromatic heterocycles. The first-order valence-electron chi connectivity index (χ1n) is 4.34. The summed E-state index contributed by atoms with van der Waals surface area (Å²) >= 11 is 5.27. The van der Waals surface area contributed by atoms with Crippen LogP contribution in [0.5, 0.6) is 0 Å². The van der Waals surface area contributed by atoms with Crippen LogP contribution in [0.3, 0.4) is 0 Å². The largest absolute Gasteiger partial charge is 0.463 e. The second-order valence-corrected chi connectivity index (χ2v) is 3.08. The number of morpholine rings is 1.